The van der Waals surface area contributed by atoms with Crippen molar-refractivity contribution in [2.75, 3.05) is 39.5 Å². The van der Waals surface area contributed by atoms with Crippen LogP contribution in [0.2, 0.25) is 0 Å². The Morgan fingerprint density at radius 1 is 1.09 bits per heavy atom. The Morgan fingerprint density at radius 3 is 2.78 bits per heavy atom. The van der Waals surface area contributed by atoms with Crippen LogP contribution >= 0.6 is 0 Å². The maximum Gasteiger partial charge on any atom is 0.197 e. The molecule has 162 valence electrons. The van der Waals surface area contributed by atoms with Crippen molar-refractivity contribution in [3.63, 3.8) is 0 Å². The lowest BCUT2D eigenvalue weighted by atomic mass is 9.98. The number of ether oxygens (including phenoxy) is 2. The van der Waals surface area contributed by atoms with Gasteiger partial charge in [-0.2, -0.15) is 0 Å². The van der Waals surface area contributed by atoms with Crippen LogP contribution in [0.3, 0.4) is 0 Å². The summed E-state index contributed by atoms with van der Waals surface area (Å²) < 4.78 is 14.0. The second kappa shape index (κ2) is 7.73. The van der Waals surface area contributed by atoms with Gasteiger partial charge in [-0.1, -0.05) is 30.3 Å². The van der Waals surface area contributed by atoms with E-state index in [1.54, 1.807) is 6.20 Å². The van der Waals surface area contributed by atoms with Crippen LogP contribution in [-0.4, -0.2) is 59.7 Å². The normalized spacial score (nSPS) is 18.7. The zero-order valence-electron chi connectivity index (χ0n) is 18.1. The summed E-state index contributed by atoms with van der Waals surface area (Å²) in [6, 6.07) is 15.9. The average Bonchev–Trinajstić information content (AvgIpc) is 3.14. The molecule has 32 heavy (non-hydrogen) atoms. The highest BCUT2D eigenvalue weighted by Crippen LogP contribution is 2.40. The lowest BCUT2D eigenvalue weighted by Gasteiger charge is -2.34. The summed E-state index contributed by atoms with van der Waals surface area (Å²) in [7, 11) is 0. The highest BCUT2D eigenvalue weighted by atomic mass is 16.5. The molecule has 1 fully saturated rings. The smallest absolute Gasteiger partial charge is 0.197 e. The Bertz CT molecular complexity index is 1330. The fourth-order valence-corrected chi connectivity index (χ4v) is 5.21. The fraction of sp³-hybridized carbons (Fsp3) is 0.308. The molecule has 0 aliphatic carbocycles. The summed E-state index contributed by atoms with van der Waals surface area (Å²) in [6.07, 6.45) is 1.74. The third kappa shape index (κ3) is 3.02. The molecule has 1 saturated heterocycles. The SMILES string of the molecule is Cc1c(C(=O)c2cccc3cccnc23)c2cccc3c2n1C(CN1CCOCC1)CO3. The third-order valence-corrected chi connectivity index (χ3v) is 6.71. The maximum atomic E-state index is 13.9. The topological polar surface area (TPSA) is 56.6 Å². The van der Waals surface area contributed by atoms with Gasteiger partial charge in [0, 0.05) is 47.9 Å². The average molecular weight is 428 g/mol. The van der Waals surface area contributed by atoms with Crippen LogP contribution in [0.25, 0.3) is 21.8 Å². The molecule has 0 radical (unpaired) electrons. The van der Waals surface area contributed by atoms with Crippen molar-refractivity contribution in [2.45, 2.75) is 13.0 Å². The molecule has 4 heterocycles. The summed E-state index contributed by atoms with van der Waals surface area (Å²) in [6.45, 7) is 6.93. The molecule has 1 unspecified atom stereocenters. The van der Waals surface area contributed by atoms with Gasteiger partial charge in [0.15, 0.2) is 5.78 Å². The number of rotatable bonds is 4. The minimum atomic E-state index is 0.0136. The first-order valence-electron chi connectivity index (χ1n) is 11.2. The summed E-state index contributed by atoms with van der Waals surface area (Å²) in [5.74, 6) is 0.860. The predicted octanol–water partition coefficient (Wildman–Crippen LogP) is 3.99. The van der Waals surface area contributed by atoms with Crippen molar-refractivity contribution < 1.29 is 14.3 Å². The molecule has 4 aromatic rings. The van der Waals surface area contributed by atoms with Gasteiger partial charge in [0.05, 0.1) is 35.9 Å². The van der Waals surface area contributed by atoms with Crippen LogP contribution in [0.1, 0.15) is 27.7 Å². The number of hydrogen-bond donors (Lipinski definition) is 0. The van der Waals surface area contributed by atoms with Gasteiger partial charge in [0.25, 0.3) is 0 Å². The number of morpholine rings is 1. The van der Waals surface area contributed by atoms with E-state index in [0.717, 1.165) is 71.7 Å². The van der Waals surface area contributed by atoms with E-state index in [1.165, 1.54) is 0 Å². The first-order valence-corrected chi connectivity index (χ1v) is 11.2. The predicted molar refractivity (Wildman–Crippen MR) is 124 cm³/mol. The second-order valence-corrected chi connectivity index (χ2v) is 8.57. The molecule has 2 aliphatic rings. The maximum absolute atomic E-state index is 13.9. The number of carbonyl (C=O) groups is 1. The quantitative estimate of drug-likeness (QED) is 0.461. The number of para-hydroxylation sites is 2. The number of carbonyl (C=O) groups excluding carboxylic acids is 1. The zero-order valence-corrected chi connectivity index (χ0v) is 18.1. The molecular weight excluding hydrogens is 402 g/mol. The molecule has 6 heteroatoms. The van der Waals surface area contributed by atoms with Gasteiger partial charge in [0.1, 0.15) is 12.4 Å². The van der Waals surface area contributed by atoms with Gasteiger partial charge in [-0.3, -0.25) is 14.7 Å². The zero-order chi connectivity index (χ0) is 21.7. The number of benzene rings is 2. The van der Waals surface area contributed by atoms with E-state index in [9.17, 15) is 4.79 Å². The van der Waals surface area contributed by atoms with E-state index >= 15 is 0 Å². The van der Waals surface area contributed by atoms with Gasteiger partial charge in [-0.25, -0.2) is 0 Å². The van der Waals surface area contributed by atoms with Crippen LogP contribution in [0, 0.1) is 6.92 Å². The third-order valence-electron chi connectivity index (χ3n) is 6.71. The van der Waals surface area contributed by atoms with E-state index < -0.39 is 0 Å². The van der Waals surface area contributed by atoms with Crippen molar-refractivity contribution in [1.29, 1.82) is 0 Å². The Morgan fingerprint density at radius 2 is 1.91 bits per heavy atom. The molecule has 0 bridgehead atoms. The van der Waals surface area contributed by atoms with E-state index in [4.69, 9.17) is 9.47 Å². The Balaban J connectivity index is 1.50. The molecule has 2 aromatic carbocycles. The van der Waals surface area contributed by atoms with Crippen LogP contribution < -0.4 is 4.74 Å². The van der Waals surface area contributed by atoms with Crippen LogP contribution in [0.15, 0.2) is 54.7 Å². The lowest BCUT2D eigenvalue weighted by Crippen LogP contribution is -2.42. The van der Waals surface area contributed by atoms with Gasteiger partial charge >= 0.3 is 0 Å². The van der Waals surface area contributed by atoms with Crippen molar-refractivity contribution in [1.82, 2.24) is 14.5 Å². The summed E-state index contributed by atoms with van der Waals surface area (Å²) in [5, 5.41) is 1.92. The molecule has 0 saturated carbocycles. The largest absolute Gasteiger partial charge is 0.489 e. The van der Waals surface area contributed by atoms with Gasteiger partial charge in [-0.15, -0.1) is 0 Å². The number of aromatic nitrogens is 2. The Hall–Kier alpha value is -3.22. The number of nitrogens with zero attached hydrogens (tertiary/aromatic N) is 3. The minimum absolute atomic E-state index is 0.0136. The highest BCUT2D eigenvalue weighted by Gasteiger charge is 2.31. The van der Waals surface area contributed by atoms with Crippen molar-refractivity contribution in [3.05, 3.63) is 71.5 Å². The van der Waals surface area contributed by atoms with Crippen LogP contribution in [0.5, 0.6) is 5.75 Å². The Kier molecular flexibility index (Phi) is 4.70. The van der Waals surface area contributed by atoms with Gasteiger partial charge in [-0.05, 0) is 25.1 Å². The summed E-state index contributed by atoms with van der Waals surface area (Å²) in [4.78, 5) is 20.9. The molecule has 0 amide bonds. The molecule has 6 rings (SSSR count). The van der Waals surface area contributed by atoms with Crippen molar-refractivity contribution in [3.8, 4) is 5.75 Å². The first kappa shape index (κ1) is 19.5. The monoisotopic (exact) mass is 427 g/mol. The molecule has 0 N–H and O–H groups in total. The summed E-state index contributed by atoms with van der Waals surface area (Å²) >= 11 is 0. The van der Waals surface area contributed by atoms with E-state index in [-0.39, 0.29) is 11.8 Å². The molecule has 6 nitrogen and oxygen atoms in total. The highest BCUT2D eigenvalue weighted by molar-refractivity contribution is 6.22. The molecular formula is C26H25N3O3. The molecule has 0 spiro atoms. The number of fused-ring (bicyclic) bond motifs is 1. The summed E-state index contributed by atoms with van der Waals surface area (Å²) in [5.41, 5.74) is 4.14. The Labute approximate surface area is 186 Å². The number of ketones is 1. The fourth-order valence-electron chi connectivity index (χ4n) is 5.21. The second-order valence-electron chi connectivity index (χ2n) is 8.57. The van der Waals surface area contributed by atoms with Crippen LogP contribution in [-0.2, 0) is 4.74 Å². The van der Waals surface area contributed by atoms with Crippen LogP contribution in [0.4, 0.5) is 0 Å². The van der Waals surface area contributed by atoms with Crippen molar-refractivity contribution >= 4 is 27.6 Å². The number of pyridine rings is 1. The van der Waals surface area contributed by atoms with Gasteiger partial charge < -0.3 is 14.0 Å². The standard InChI is InChI=1S/C26H25N3O3/c1-17-23(26(30)21-8-2-5-18-6-4-10-27-24(18)21)20-7-3-9-22-25(20)29(17)19(16-32-22)15-28-11-13-31-14-12-28/h2-10,19H,11-16H2,1H3. The first-order chi connectivity index (χ1) is 15.7. The van der Waals surface area contributed by atoms with Gasteiger partial charge in [0.2, 0.25) is 0 Å². The molecule has 1 atom stereocenters. The van der Waals surface area contributed by atoms with Crippen molar-refractivity contribution in [2.24, 2.45) is 0 Å². The number of hydrogen-bond acceptors (Lipinski definition) is 5. The lowest BCUT2D eigenvalue weighted by molar-refractivity contribution is 0.0272. The minimum Gasteiger partial charge on any atom is -0.489 e. The molecule has 2 aromatic heterocycles. The van der Waals surface area contributed by atoms with E-state index in [2.05, 4.69) is 21.4 Å². The van der Waals surface area contributed by atoms with E-state index in [0.29, 0.717) is 12.2 Å². The molecule has 2 aliphatic heterocycles. The van der Waals surface area contributed by atoms with E-state index in [1.807, 2.05) is 48.5 Å².